The van der Waals surface area contributed by atoms with Crippen LogP contribution in [0.1, 0.15) is 27.7 Å². The number of hydrogen-bond donors (Lipinski definition) is 1. The van der Waals surface area contributed by atoms with Crippen LogP contribution in [0.5, 0.6) is 5.75 Å². The molecule has 0 aliphatic carbocycles. The van der Waals surface area contributed by atoms with Gasteiger partial charge < -0.3 is 4.74 Å². The van der Waals surface area contributed by atoms with Crippen molar-refractivity contribution in [2.75, 3.05) is 28.2 Å². The fourth-order valence-corrected chi connectivity index (χ4v) is 5.34. The number of amides is 1. The number of anilines is 2. The van der Waals surface area contributed by atoms with E-state index in [1.54, 1.807) is 36.0 Å². The van der Waals surface area contributed by atoms with Crippen LogP contribution in [-0.2, 0) is 14.8 Å². The Morgan fingerprint density at radius 3 is 2.45 bits per heavy atom. The molecule has 2 rings (SSSR count). The van der Waals surface area contributed by atoms with Crippen LogP contribution in [0.2, 0.25) is 0 Å². The van der Waals surface area contributed by atoms with Crippen molar-refractivity contribution in [3.8, 4) is 5.75 Å². The lowest BCUT2D eigenvalue weighted by Gasteiger charge is -2.28. The third-order valence-corrected chi connectivity index (χ3v) is 7.31. The summed E-state index contributed by atoms with van der Waals surface area (Å²) in [7, 11) is -3.70. The maximum Gasteiger partial charge on any atom is 0.249 e. The van der Waals surface area contributed by atoms with E-state index in [-0.39, 0.29) is 0 Å². The quantitative estimate of drug-likeness (QED) is 0.430. The zero-order valence-electron chi connectivity index (χ0n) is 17.1. The van der Waals surface area contributed by atoms with Gasteiger partial charge in [0.25, 0.3) is 0 Å². The van der Waals surface area contributed by atoms with Gasteiger partial charge in [0, 0.05) is 5.75 Å². The zero-order valence-corrected chi connectivity index (χ0v) is 19.5. The van der Waals surface area contributed by atoms with Gasteiger partial charge >= 0.3 is 0 Å². The molecule has 1 atom stereocenters. The molecule has 0 bridgehead atoms. The number of ether oxygens (including phenoxy) is 1. The summed E-state index contributed by atoms with van der Waals surface area (Å²) in [5, 5.41) is 11.0. The number of rotatable bonds is 10. The van der Waals surface area contributed by atoms with E-state index < -0.39 is 22.0 Å². The fourth-order valence-electron chi connectivity index (χ4n) is 2.43. The summed E-state index contributed by atoms with van der Waals surface area (Å²) in [6.07, 6.45) is 1.07. The molecule has 0 aliphatic rings. The third kappa shape index (κ3) is 6.86. The highest BCUT2D eigenvalue weighted by atomic mass is 32.2. The van der Waals surface area contributed by atoms with Crippen LogP contribution in [0.3, 0.4) is 0 Å². The highest BCUT2D eigenvalue weighted by molar-refractivity contribution is 8.01. The van der Waals surface area contributed by atoms with Crippen molar-refractivity contribution in [2.45, 2.75) is 38.1 Å². The number of nitrogens with one attached hydrogen (secondary N) is 1. The minimum atomic E-state index is -3.70. The summed E-state index contributed by atoms with van der Waals surface area (Å²) in [5.41, 5.74) is 0.379. The van der Waals surface area contributed by atoms with Gasteiger partial charge in [-0.05, 0) is 44.0 Å². The second-order valence-electron chi connectivity index (χ2n) is 6.73. The molecule has 2 aromatic rings. The number of carbonyl (C=O) groups excluding carboxylic acids is 1. The van der Waals surface area contributed by atoms with Crippen LogP contribution in [0.25, 0.3) is 0 Å². The molecule has 0 saturated carbocycles. The Morgan fingerprint density at radius 1 is 1.24 bits per heavy atom. The Kier molecular flexibility index (Phi) is 8.29. The number of hydrogen-bond acceptors (Lipinski definition) is 8. The molecule has 0 unspecified atom stereocenters. The van der Waals surface area contributed by atoms with Crippen molar-refractivity contribution < 1.29 is 17.9 Å². The summed E-state index contributed by atoms with van der Waals surface area (Å²) >= 11 is 2.84. The highest BCUT2D eigenvalue weighted by Crippen LogP contribution is 2.28. The molecule has 0 saturated heterocycles. The molecular formula is C18H26N4O4S3. The average molecular weight is 459 g/mol. The van der Waals surface area contributed by atoms with Gasteiger partial charge in [0.15, 0.2) is 4.34 Å². The lowest BCUT2D eigenvalue weighted by molar-refractivity contribution is -0.116. The first-order valence-electron chi connectivity index (χ1n) is 9.11. The predicted molar refractivity (Wildman–Crippen MR) is 118 cm³/mol. The highest BCUT2D eigenvalue weighted by Gasteiger charge is 2.29. The lowest BCUT2D eigenvalue weighted by atomic mass is 10.2. The van der Waals surface area contributed by atoms with Crippen LogP contribution in [0.15, 0.2) is 28.6 Å². The standard InChI is InChI=1S/C18H26N4O4S3/c1-6-26-15-9-7-14(8-10-15)22(29(5,24)25)13(4)16(23)19-17-20-21-18(28-17)27-11-12(2)3/h7-10,12-13H,6,11H2,1-5H3,(H,19,20,23)/t13-/m1/s1. The molecule has 0 fully saturated rings. The molecule has 0 aliphatic heterocycles. The Labute approximate surface area is 180 Å². The van der Waals surface area contributed by atoms with E-state index in [1.807, 2.05) is 6.92 Å². The van der Waals surface area contributed by atoms with E-state index in [0.29, 0.717) is 29.1 Å². The fraction of sp³-hybridized carbons (Fsp3) is 0.500. The van der Waals surface area contributed by atoms with Gasteiger partial charge in [0.05, 0.1) is 18.6 Å². The Bertz CT molecular complexity index is 913. The number of carbonyl (C=O) groups is 1. The Hall–Kier alpha value is -1.85. The Morgan fingerprint density at radius 2 is 1.90 bits per heavy atom. The monoisotopic (exact) mass is 458 g/mol. The van der Waals surface area contributed by atoms with Crippen molar-refractivity contribution >= 4 is 49.8 Å². The SMILES string of the molecule is CCOc1ccc(N([C@H](C)C(=O)Nc2nnc(SCC(C)C)s2)S(C)(=O)=O)cc1. The molecular weight excluding hydrogens is 432 g/mol. The first kappa shape index (κ1) is 23.4. The number of benzene rings is 1. The van der Waals surface area contributed by atoms with Crippen LogP contribution < -0.4 is 14.4 Å². The van der Waals surface area contributed by atoms with E-state index in [9.17, 15) is 13.2 Å². The average Bonchev–Trinajstić information content (AvgIpc) is 3.08. The normalized spacial score (nSPS) is 12.6. The minimum Gasteiger partial charge on any atom is -0.494 e. The van der Waals surface area contributed by atoms with Crippen LogP contribution in [0.4, 0.5) is 10.8 Å². The molecule has 8 nitrogen and oxygen atoms in total. The number of sulfonamides is 1. The molecule has 0 radical (unpaired) electrons. The molecule has 29 heavy (non-hydrogen) atoms. The second kappa shape index (κ2) is 10.3. The van der Waals surface area contributed by atoms with Crippen molar-refractivity contribution in [3.63, 3.8) is 0 Å². The van der Waals surface area contributed by atoms with Crippen LogP contribution in [-0.4, -0.2) is 49.2 Å². The van der Waals surface area contributed by atoms with Crippen molar-refractivity contribution in [3.05, 3.63) is 24.3 Å². The van der Waals surface area contributed by atoms with Gasteiger partial charge in [-0.3, -0.25) is 14.4 Å². The second-order valence-corrected chi connectivity index (χ2v) is 10.8. The van der Waals surface area contributed by atoms with Crippen molar-refractivity contribution in [2.24, 2.45) is 5.92 Å². The molecule has 160 valence electrons. The van der Waals surface area contributed by atoms with Gasteiger partial charge in [0.2, 0.25) is 21.1 Å². The van der Waals surface area contributed by atoms with Crippen molar-refractivity contribution in [1.82, 2.24) is 10.2 Å². The minimum absolute atomic E-state index is 0.341. The maximum absolute atomic E-state index is 12.7. The number of nitrogens with zero attached hydrogens (tertiary/aromatic N) is 3. The maximum atomic E-state index is 12.7. The summed E-state index contributed by atoms with van der Waals surface area (Å²) < 4.78 is 32.0. The Balaban J connectivity index is 2.14. The topological polar surface area (TPSA) is 101 Å². The predicted octanol–water partition coefficient (Wildman–Crippen LogP) is 3.48. The van der Waals surface area contributed by atoms with Crippen molar-refractivity contribution in [1.29, 1.82) is 0 Å². The van der Waals surface area contributed by atoms with Crippen LogP contribution in [0, 0.1) is 5.92 Å². The molecule has 1 heterocycles. The third-order valence-electron chi connectivity index (χ3n) is 3.67. The van der Waals surface area contributed by atoms with Gasteiger partial charge in [-0.1, -0.05) is 36.9 Å². The summed E-state index contributed by atoms with van der Waals surface area (Å²) in [4.78, 5) is 12.7. The van der Waals surface area contributed by atoms with Gasteiger partial charge in [-0.15, -0.1) is 10.2 Å². The summed E-state index contributed by atoms with van der Waals surface area (Å²) in [6.45, 7) is 8.12. The number of thioether (sulfide) groups is 1. The first-order chi connectivity index (χ1) is 13.6. The van der Waals surface area contributed by atoms with E-state index >= 15 is 0 Å². The van der Waals surface area contributed by atoms with Gasteiger partial charge in [-0.2, -0.15) is 0 Å². The summed E-state index contributed by atoms with van der Waals surface area (Å²) in [6, 6.07) is 5.59. The lowest BCUT2D eigenvalue weighted by Crippen LogP contribution is -2.45. The molecule has 0 spiro atoms. The zero-order chi connectivity index (χ0) is 21.6. The number of aromatic nitrogens is 2. The van der Waals surface area contributed by atoms with Gasteiger partial charge in [0.1, 0.15) is 11.8 Å². The molecule has 1 aromatic heterocycles. The van der Waals surface area contributed by atoms with Crippen LogP contribution >= 0.6 is 23.1 Å². The van der Waals surface area contributed by atoms with E-state index in [4.69, 9.17) is 4.74 Å². The molecule has 1 aromatic carbocycles. The smallest absolute Gasteiger partial charge is 0.249 e. The van der Waals surface area contributed by atoms with E-state index in [0.717, 1.165) is 20.7 Å². The van der Waals surface area contributed by atoms with E-state index in [2.05, 4.69) is 29.4 Å². The molecule has 11 heteroatoms. The molecule has 1 N–H and O–H groups in total. The molecule has 1 amide bonds. The van der Waals surface area contributed by atoms with Gasteiger partial charge in [-0.25, -0.2) is 8.42 Å². The largest absolute Gasteiger partial charge is 0.494 e. The first-order valence-corrected chi connectivity index (χ1v) is 12.8. The van der Waals surface area contributed by atoms with E-state index in [1.165, 1.54) is 18.3 Å². The summed E-state index contributed by atoms with van der Waals surface area (Å²) in [5.74, 6) is 1.56.